The van der Waals surface area contributed by atoms with E-state index in [4.69, 9.17) is 4.74 Å². The molecule has 0 saturated carbocycles. The summed E-state index contributed by atoms with van der Waals surface area (Å²) in [4.78, 5) is 25.1. The molecule has 8 nitrogen and oxygen atoms in total. The van der Waals surface area contributed by atoms with Crippen LogP contribution in [0, 0.1) is 0 Å². The first-order valence-electron chi connectivity index (χ1n) is 12.9. The Labute approximate surface area is 229 Å². The molecule has 1 heterocycles. The van der Waals surface area contributed by atoms with Crippen LogP contribution in [-0.2, 0) is 26.0 Å². The molecule has 0 bridgehead atoms. The summed E-state index contributed by atoms with van der Waals surface area (Å²) in [5, 5.41) is 2.08. The molecule has 0 aromatic heterocycles. The summed E-state index contributed by atoms with van der Waals surface area (Å²) in [7, 11) is -2.74. The molecule has 1 unspecified atom stereocenters. The Kier molecular flexibility index (Phi) is 8.83. The first kappa shape index (κ1) is 28.1. The van der Waals surface area contributed by atoms with Crippen LogP contribution in [0.5, 0.6) is 0 Å². The van der Waals surface area contributed by atoms with E-state index in [1.165, 1.54) is 13.2 Å². The first-order chi connectivity index (χ1) is 18.7. The highest BCUT2D eigenvalue weighted by Crippen LogP contribution is 2.30. The Morgan fingerprint density at radius 2 is 1.64 bits per heavy atom. The van der Waals surface area contributed by atoms with Crippen molar-refractivity contribution in [3.63, 3.8) is 0 Å². The molecule has 0 fully saturated rings. The molecule has 0 saturated heterocycles. The van der Waals surface area contributed by atoms with E-state index in [0.717, 1.165) is 30.6 Å². The van der Waals surface area contributed by atoms with Crippen LogP contribution in [-0.4, -0.2) is 45.0 Å². The number of benzene rings is 3. The molecule has 9 heteroatoms. The van der Waals surface area contributed by atoms with Gasteiger partial charge in [-0.15, -0.1) is 0 Å². The molecule has 39 heavy (non-hydrogen) atoms. The van der Waals surface area contributed by atoms with Crippen LogP contribution < -0.4 is 10.1 Å². The molecule has 3 aromatic rings. The van der Waals surface area contributed by atoms with Crippen molar-refractivity contribution in [3.8, 4) is 11.1 Å². The molecule has 204 valence electrons. The van der Waals surface area contributed by atoms with E-state index in [-0.39, 0.29) is 22.5 Å². The smallest absolute Gasteiger partial charge is 0.337 e. The average molecular weight is 548 g/mol. The summed E-state index contributed by atoms with van der Waals surface area (Å²) in [6.45, 7) is 4.79. The lowest BCUT2D eigenvalue weighted by molar-refractivity contribution is -0.136. The monoisotopic (exact) mass is 547 g/mol. The number of carbonyl (C=O) groups excluding carboxylic acids is 2. The second-order valence-corrected chi connectivity index (χ2v) is 11.1. The zero-order valence-electron chi connectivity index (χ0n) is 22.3. The molecule has 1 aliphatic rings. The number of hydrogen-bond donors (Lipinski definition) is 2. The third-order valence-electron chi connectivity index (χ3n) is 6.72. The molecule has 1 amide bonds. The topological polar surface area (TPSA) is 105 Å². The number of carbonyl (C=O) groups is 2. The molecular weight excluding hydrogens is 514 g/mol. The maximum Gasteiger partial charge on any atom is 0.337 e. The summed E-state index contributed by atoms with van der Waals surface area (Å²) in [5.74, 6) is -1.04. The number of nitrogens with zero attached hydrogens (tertiary/aromatic N) is 1. The van der Waals surface area contributed by atoms with E-state index in [0.29, 0.717) is 23.1 Å². The molecule has 1 aliphatic heterocycles. The van der Waals surface area contributed by atoms with Crippen LogP contribution in [0.1, 0.15) is 42.6 Å². The maximum atomic E-state index is 13.2. The van der Waals surface area contributed by atoms with E-state index in [1.807, 2.05) is 31.2 Å². The van der Waals surface area contributed by atoms with Crippen molar-refractivity contribution in [2.45, 2.75) is 44.0 Å². The van der Waals surface area contributed by atoms with Gasteiger partial charge in [-0.2, -0.15) is 0 Å². The lowest BCUT2D eigenvalue weighted by Crippen LogP contribution is -2.42. The van der Waals surface area contributed by atoms with Gasteiger partial charge in [0.05, 0.1) is 23.6 Å². The molecule has 0 spiro atoms. The fourth-order valence-corrected chi connectivity index (χ4v) is 5.92. The number of amides is 1. The quantitative estimate of drug-likeness (QED) is 0.361. The maximum absolute atomic E-state index is 13.2. The molecule has 4 rings (SSSR count). The van der Waals surface area contributed by atoms with Crippen LogP contribution in [0.4, 0.5) is 0 Å². The van der Waals surface area contributed by atoms with E-state index in [1.54, 1.807) is 48.5 Å². The minimum atomic E-state index is -4.13. The van der Waals surface area contributed by atoms with Crippen molar-refractivity contribution in [2.24, 2.45) is 0 Å². The summed E-state index contributed by atoms with van der Waals surface area (Å²) in [6, 6.07) is 22.2. The number of allylic oxidation sites excluding steroid dienone is 1. The fourth-order valence-electron chi connectivity index (χ4n) is 4.72. The zero-order chi connectivity index (χ0) is 28.0. The number of unbranched alkanes of at least 4 members (excludes halogenated alkanes) is 1. The highest BCUT2D eigenvalue weighted by atomic mass is 32.2. The number of hydrazine groups is 1. The van der Waals surface area contributed by atoms with E-state index < -0.39 is 15.9 Å². The highest BCUT2D eigenvalue weighted by Gasteiger charge is 2.35. The minimum absolute atomic E-state index is 0.0132. The van der Waals surface area contributed by atoms with E-state index >= 15 is 0 Å². The SMILES string of the molecule is CCCCN1NC(C)=C(C(=O)OC)C1Cc1ccc(-c2ccccc2S(=O)(=O)NC(=O)c2ccccc2)cc1. The van der Waals surface area contributed by atoms with Gasteiger partial charge in [-0.05, 0) is 49.1 Å². The molecule has 0 aliphatic carbocycles. The third-order valence-corrected chi connectivity index (χ3v) is 8.11. The normalized spacial score (nSPS) is 15.6. The minimum Gasteiger partial charge on any atom is -0.466 e. The van der Waals surface area contributed by atoms with Crippen LogP contribution >= 0.6 is 0 Å². The Morgan fingerprint density at radius 1 is 0.974 bits per heavy atom. The Morgan fingerprint density at radius 3 is 2.31 bits per heavy atom. The second kappa shape index (κ2) is 12.3. The summed E-state index contributed by atoms with van der Waals surface area (Å²) in [5.41, 5.74) is 7.15. The van der Waals surface area contributed by atoms with Gasteiger partial charge < -0.3 is 10.2 Å². The van der Waals surface area contributed by atoms with Gasteiger partial charge in [0.25, 0.3) is 15.9 Å². The number of nitrogens with one attached hydrogen (secondary N) is 2. The molecule has 0 radical (unpaired) electrons. The van der Waals surface area contributed by atoms with Gasteiger partial charge >= 0.3 is 5.97 Å². The first-order valence-corrected chi connectivity index (χ1v) is 14.4. The Balaban J connectivity index is 1.58. The highest BCUT2D eigenvalue weighted by molar-refractivity contribution is 7.90. The number of sulfonamides is 1. The van der Waals surface area contributed by atoms with Gasteiger partial charge in [-0.1, -0.05) is 74.0 Å². The lowest BCUT2D eigenvalue weighted by atomic mass is 9.96. The number of rotatable bonds is 10. The number of methoxy groups -OCH3 is 1. The molecule has 2 N–H and O–H groups in total. The number of ether oxygens (including phenoxy) is 1. The summed E-state index contributed by atoms with van der Waals surface area (Å²) < 4.78 is 33.6. The van der Waals surface area contributed by atoms with Crippen LogP contribution in [0.2, 0.25) is 0 Å². The van der Waals surface area contributed by atoms with Gasteiger partial charge in [0, 0.05) is 23.4 Å². The fraction of sp³-hybridized carbons (Fsp3) is 0.267. The predicted octanol–water partition coefficient (Wildman–Crippen LogP) is 4.45. The van der Waals surface area contributed by atoms with Gasteiger partial charge in [-0.3, -0.25) is 4.79 Å². The average Bonchev–Trinajstić information content (AvgIpc) is 3.26. The van der Waals surface area contributed by atoms with Crippen molar-refractivity contribution in [2.75, 3.05) is 13.7 Å². The van der Waals surface area contributed by atoms with E-state index in [9.17, 15) is 18.0 Å². The van der Waals surface area contributed by atoms with Crippen molar-refractivity contribution in [1.82, 2.24) is 15.2 Å². The van der Waals surface area contributed by atoms with Crippen molar-refractivity contribution in [1.29, 1.82) is 0 Å². The van der Waals surface area contributed by atoms with Gasteiger partial charge in [-0.25, -0.2) is 22.9 Å². The lowest BCUT2D eigenvalue weighted by Gasteiger charge is -2.26. The molecule has 1 atom stereocenters. The number of hydrogen-bond acceptors (Lipinski definition) is 7. The van der Waals surface area contributed by atoms with Crippen LogP contribution in [0.15, 0.2) is 95.0 Å². The standard InChI is InChI=1S/C30H33N3O5S/c1-4-5-19-33-26(28(21(2)31-33)30(35)38-3)20-22-15-17-23(18-16-22)25-13-9-10-14-27(25)39(36,37)32-29(34)24-11-7-6-8-12-24/h6-18,26,31H,4-5,19-20H2,1-3H3,(H,32,34). The van der Waals surface area contributed by atoms with E-state index in [2.05, 4.69) is 22.1 Å². The molecule has 3 aromatic carbocycles. The predicted molar refractivity (Wildman–Crippen MR) is 150 cm³/mol. The van der Waals surface area contributed by atoms with Crippen molar-refractivity contribution < 1.29 is 22.7 Å². The van der Waals surface area contributed by atoms with Crippen molar-refractivity contribution in [3.05, 3.63) is 101 Å². The van der Waals surface area contributed by atoms with Crippen LogP contribution in [0.3, 0.4) is 0 Å². The molecular formula is C30H33N3O5S. The van der Waals surface area contributed by atoms with Gasteiger partial charge in [0.15, 0.2) is 0 Å². The van der Waals surface area contributed by atoms with Gasteiger partial charge in [0.1, 0.15) is 0 Å². The van der Waals surface area contributed by atoms with Gasteiger partial charge in [0.2, 0.25) is 0 Å². The number of esters is 1. The largest absolute Gasteiger partial charge is 0.466 e. The Bertz CT molecular complexity index is 1470. The van der Waals surface area contributed by atoms with Crippen LogP contribution in [0.25, 0.3) is 11.1 Å². The summed E-state index contributed by atoms with van der Waals surface area (Å²) in [6.07, 6.45) is 2.59. The summed E-state index contributed by atoms with van der Waals surface area (Å²) >= 11 is 0. The Hall–Kier alpha value is -3.95. The second-order valence-electron chi connectivity index (χ2n) is 9.40. The third kappa shape index (κ3) is 6.38. The van der Waals surface area contributed by atoms with Crippen molar-refractivity contribution >= 4 is 21.9 Å². The zero-order valence-corrected chi connectivity index (χ0v) is 23.1.